The minimum absolute atomic E-state index is 0.354. The number of hydrogen-bond donors (Lipinski definition) is 2. The number of fused-ring (bicyclic) bond motifs is 2. The molecule has 2 heterocycles. The fourth-order valence-corrected chi connectivity index (χ4v) is 3.27. The molecule has 2 aromatic carbocycles. The molecule has 0 saturated carbocycles. The normalized spacial score (nSPS) is 10.9. The summed E-state index contributed by atoms with van der Waals surface area (Å²) in [6.45, 7) is 1.60. The van der Waals surface area contributed by atoms with Crippen molar-refractivity contribution in [1.29, 1.82) is 5.26 Å². The first kappa shape index (κ1) is 21.4. The van der Waals surface area contributed by atoms with E-state index in [-0.39, 0.29) is 0 Å². The number of methoxy groups -OCH3 is 2. The van der Waals surface area contributed by atoms with Crippen molar-refractivity contribution in [1.82, 2.24) is 15.2 Å². The van der Waals surface area contributed by atoms with Gasteiger partial charge in [-0.15, -0.1) is 0 Å². The molecule has 0 spiro atoms. The number of pyridine rings is 1. The lowest BCUT2D eigenvalue weighted by atomic mass is 10.1. The third-order valence-electron chi connectivity index (χ3n) is 4.86. The minimum Gasteiger partial charge on any atom is -0.487 e. The van der Waals surface area contributed by atoms with Crippen LogP contribution >= 0.6 is 0 Å². The number of rotatable bonds is 10. The van der Waals surface area contributed by atoms with Gasteiger partial charge >= 0.3 is 0 Å². The molecule has 0 aliphatic carbocycles. The lowest BCUT2D eigenvalue weighted by Crippen LogP contribution is -2.09. The molecule has 0 aliphatic rings. The second kappa shape index (κ2) is 9.96. The maximum Gasteiger partial charge on any atom is 0.163 e. The first-order valence-corrected chi connectivity index (χ1v) is 10.0. The highest BCUT2D eigenvalue weighted by Crippen LogP contribution is 2.37. The summed E-state index contributed by atoms with van der Waals surface area (Å²) < 4.78 is 21.9. The van der Waals surface area contributed by atoms with Crippen LogP contribution in [0.15, 0.2) is 42.7 Å². The zero-order valence-electron chi connectivity index (χ0n) is 17.8. The van der Waals surface area contributed by atoms with E-state index in [9.17, 15) is 5.26 Å². The number of nitrogens with one attached hydrogen (secondary N) is 2. The van der Waals surface area contributed by atoms with Crippen molar-refractivity contribution in [3.05, 3.63) is 48.3 Å². The van der Waals surface area contributed by atoms with Gasteiger partial charge in [0.2, 0.25) is 0 Å². The predicted octanol–water partition coefficient (Wildman–Crippen LogP) is 3.78. The molecule has 32 heavy (non-hydrogen) atoms. The van der Waals surface area contributed by atoms with E-state index in [0.717, 1.165) is 22.0 Å². The Labute approximate surface area is 184 Å². The molecule has 0 fully saturated rings. The molecule has 0 bridgehead atoms. The van der Waals surface area contributed by atoms with Gasteiger partial charge in [0.15, 0.2) is 11.5 Å². The summed E-state index contributed by atoms with van der Waals surface area (Å²) in [5.74, 6) is 1.09. The van der Waals surface area contributed by atoms with Crippen LogP contribution in [0.2, 0.25) is 0 Å². The Kier molecular flexibility index (Phi) is 6.65. The molecule has 0 aliphatic heterocycles. The number of anilines is 2. The molecular formula is C23H23N5O4. The topological polar surface area (TPSA) is 114 Å². The summed E-state index contributed by atoms with van der Waals surface area (Å²) in [6, 6.07) is 11.7. The Morgan fingerprint density at radius 3 is 2.44 bits per heavy atom. The Morgan fingerprint density at radius 2 is 1.72 bits per heavy atom. The highest BCUT2D eigenvalue weighted by Gasteiger charge is 2.15. The first-order valence-electron chi connectivity index (χ1n) is 10.0. The number of aromatic nitrogens is 3. The van der Waals surface area contributed by atoms with Crippen molar-refractivity contribution in [3.8, 4) is 17.6 Å². The van der Waals surface area contributed by atoms with Crippen LogP contribution in [0.25, 0.3) is 21.8 Å². The monoisotopic (exact) mass is 433 g/mol. The van der Waals surface area contributed by atoms with Gasteiger partial charge < -0.3 is 24.3 Å². The third kappa shape index (κ3) is 4.56. The molecule has 0 saturated heterocycles. The van der Waals surface area contributed by atoms with E-state index in [2.05, 4.69) is 26.6 Å². The first-order chi connectivity index (χ1) is 15.7. The fraction of sp³-hybridized carbons (Fsp3) is 0.261. The van der Waals surface area contributed by atoms with E-state index in [0.29, 0.717) is 54.7 Å². The maximum absolute atomic E-state index is 9.70. The molecule has 9 nitrogen and oxygen atoms in total. The van der Waals surface area contributed by atoms with Crippen LogP contribution in [0.4, 0.5) is 11.4 Å². The van der Waals surface area contributed by atoms with Crippen molar-refractivity contribution in [2.75, 3.05) is 46.0 Å². The average Bonchev–Trinajstić information content (AvgIpc) is 3.28. The molecular weight excluding hydrogens is 410 g/mol. The van der Waals surface area contributed by atoms with Crippen LogP contribution in [0.3, 0.4) is 0 Å². The zero-order valence-corrected chi connectivity index (χ0v) is 17.8. The molecule has 2 aromatic heterocycles. The number of H-pyrrole nitrogens is 1. The Hall–Kier alpha value is -3.87. The Balaban J connectivity index is 1.77. The summed E-state index contributed by atoms with van der Waals surface area (Å²) in [7, 11) is 3.23. The van der Waals surface area contributed by atoms with Gasteiger partial charge in [0.1, 0.15) is 19.3 Å². The van der Waals surface area contributed by atoms with Gasteiger partial charge in [-0.05, 0) is 24.3 Å². The van der Waals surface area contributed by atoms with Crippen LogP contribution < -0.4 is 14.8 Å². The standard InChI is InChI=1S/C23H23N5O4/c1-29-5-7-31-21-10-18-20(11-22(21)32-8-6-30-2)25-13-16(12-24)23(18)27-17-4-3-15-14-26-28-19(15)9-17/h3-4,9-11,13-14H,5-8H2,1-2H3,(H,25,27)(H,26,28). The van der Waals surface area contributed by atoms with Crippen molar-refractivity contribution in [2.45, 2.75) is 0 Å². The van der Waals surface area contributed by atoms with Crippen molar-refractivity contribution in [3.63, 3.8) is 0 Å². The van der Waals surface area contributed by atoms with Gasteiger partial charge in [-0.3, -0.25) is 10.1 Å². The molecule has 0 atom stereocenters. The largest absolute Gasteiger partial charge is 0.487 e. The van der Waals surface area contributed by atoms with Crippen molar-refractivity contribution in [2.24, 2.45) is 0 Å². The average molecular weight is 433 g/mol. The lowest BCUT2D eigenvalue weighted by molar-refractivity contribution is 0.132. The van der Waals surface area contributed by atoms with Gasteiger partial charge in [-0.2, -0.15) is 10.4 Å². The molecule has 0 amide bonds. The van der Waals surface area contributed by atoms with Crippen molar-refractivity contribution < 1.29 is 18.9 Å². The number of benzene rings is 2. The van der Waals surface area contributed by atoms with Crippen LogP contribution in [0.5, 0.6) is 11.5 Å². The predicted molar refractivity (Wildman–Crippen MR) is 121 cm³/mol. The summed E-state index contributed by atoms with van der Waals surface area (Å²) >= 11 is 0. The highest BCUT2D eigenvalue weighted by atomic mass is 16.5. The van der Waals surface area contributed by atoms with Crippen LogP contribution in [-0.2, 0) is 9.47 Å². The summed E-state index contributed by atoms with van der Waals surface area (Å²) in [5.41, 5.74) is 3.42. The van der Waals surface area contributed by atoms with E-state index in [1.165, 1.54) is 0 Å². The molecule has 4 rings (SSSR count). The minimum atomic E-state index is 0.354. The maximum atomic E-state index is 9.70. The van der Waals surface area contributed by atoms with E-state index in [1.807, 2.05) is 24.3 Å². The number of nitrogens with zero attached hydrogens (tertiary/aromatic N) is 3. The van der Waals surface area contributed by atoms with Gasteiger partial charge in [0.05, 0.1) is 41.7 Å². The van der Waals surface area contributed by atoms with Crippen molar-refractivity contribution >= 4 is 33.2 Å². The smallest absolute Gasteiger partial charge is 0.163 e. The zero-order chi connectivity index (χ0) is 22.3. The summed E-state index contributed by atoms with van der Waals surface area (Å²) in [4.78, 5) is 4.45. The van der Waals surface area contributed by atoms with E-state index >= 15 is 0 Å². The fourth-order valence-electron chi connectivity index (χ4n) is 3.27. The van der Waals surface area contributed by atoms with Gasteiger partial charge in [0, 0.05) is 42.9 Å². The van der Waals surface area contributed by atoms with Crippen LogP contribution in [-0.4, -0.2) is 55.8 Å². The van der Waals surface area contributed by atoms with Crippen LogP contribution in [0, 0.1) is 11.3 Å². The summed E-state index contributed by atoms with van der Waals surface area (Å²) in [5, 5.41) is 21.8. The van der Waals surface area contributed by atoms with Crippen LogP contribution in [0.1, 0.15) is 5.56 Å². The Bertz CT molecular complexity index is 1260. The molecule has 2 N–H and O–H groups in total. The van der Waals surface area contributed by atoms with Gasteiger partial charge in [-0.1, -0.05) is 0 Å². The van der Waals surface area contributed by atoms with Gasteiger partial charge in [0.25, 0.3) is 0 Å². The second-order valence-corrected chi connectivity index (χ2v) is 6.95. The lowest BCUT2D eigenvalue weighted by Gasteiger charge is -2.16. The number of ether oxygens (including phenoxy) is 4. The molecule has 9 heteroatoms. The molecule has 0 unspecified atom stereocenters. The van der Waals surface area contributed by atoms with Gasteiger partial charge in [-0.25, -0.2) is 0 Å². The Morgan fingerprint density at radius 1 is 0.969 bits per heavy atom. The highest BCUT2D eigenvalue weighted by molar-refractivity contribution is 5.98. The quantitative estimate of drug-likeness (QED) is 0.363. The van der Waals surface area contributed by atoms with E-state index in [4.69, 9.17) is 18.9 Å². The number of nitriles is 1. The number of aromatic amines is 1. The van der Waals surface area contributed by atoms with E-state index < -0.39 is 0 Å². The molecule has 0 radical (unpaired) electrons. The molecule has 4 aromatic rings. The molecule has 164 valence electrons. The van der Waals surface area contributed by atoms with E-state index in [1.54, 1.807) is 32.7 Å². The second-order valence-electron chi connectivity index (χ2n) is 6.95. The third-order valence-corrected chi connectivity index (χ3v) is 4.86. The number of hydrogen-bond acceptors (Lipinski definition) is 8. The SMILES string of the molecule is COCCOc1cc2ncc(C#N)c(Nc3ccc4cn[nH]c4c3)c2cc1OCCOC. The summed E-state index contributed by atoms with van der Waals surface area (Å²) in [6.07, 6.45) is 3.31.